The molecule has 1 fully saturated rings. The van der Waals surface area contributed by atoms with Gasteiger partial charge < -0.3 is 29.3 Å². The fourth-order valence-electron chi connectivity index (χ4n) is 2.98. The highest BCUT2D eigenvalue weighted by Gasteiger charge is 2.39. The lowest BCUT2D eigenvalue weighted by atomic mass is 9.89. The molecule has 1 aliphatic rings. The monoisotopic (exact) mass is 412 g/mol. The van der Waals surface area contributed by atoms with Crippen LogP contribution in [0.4, 0.5) is 4.79 Å². The first-order valence-corrected chi connectivity index (χ1v) is 8.92. The van der Waals surface area contributed by atoms with E-state index in [-0.39, 0.29) is 29.6 Å². The Kier molecular flexibility index (Phi) is 6.21. The summed E-state index contributed by atoms with van der Waals surface area (Å²) in [5.74, 6) is -1.75. The standard InChI is InChI=1S/C21H20N2O7/c1-4-9-29-20(25)17-12(2)22-21(26)23-18(17)13-7-8-14(16(11-13)27-3)30-19(24)15-6-5-10-28-15/h4-8,10-11,17-18H,1-2,9H2,3H3,(H2,22,23,26)/t17-,18+/m0/s1. The maximum absolute atomic E-state index is 12.5. The number of hydrogen-bond donors (Lipinski definition) is 2. The first kappa shape index (κ1) is 20.7. The van der Waals surface area contributed by atoms with Gasteiger partial charge in [-0.1, -0.05) is 25.3 Å². The van der Waals surface area contributed by atoms with Gasteiger partial charge in [0, 0.05) is 5.70 Å². The van der Waals surface area contributed by atoms with Gasteiger partial charge in [0.2, 0.25) is 5.76 Å². The van der Waals surface area contributed by atoms with Crippen LogP contribution in [0.1, 0.15) is 22.2 Å². The number of rotatable bonds is 7. The number of benzene rings is 1. The Hall–Kier alpha value is -4.01. The number of methoxy groups -OCH3 is 1. The van der Waals surface area contributed by atoms with Gasteiger partial charge in [-0.3, -0.25) is 4.79 Å². The summed E-state index contributed by atoms with van der Waals surface area (Å²) in [5, 5.41) is 5.17. The van der Waals surface area contributed by atoms with Crippen molar-refractivity contribution in [3.8, 4) is 11.5 Å². The molecule has 156 valence electrons. The predicted molar refractivity (Wildman–Crippen MR) is 105 cm³/mol. The molecule has 2 aromatic rings. The van der Waals surface area contributed by atoms with Gasteiger partial charge in [-0.05, 0) is 29.8 Å². The number of esters is 2. The number of urea groups is 1. The number of furan rings is 1. The smallest absolute Gasteiger partial charge is 0.379 e. The zero-order chi connectivity index (χ0) is 21.7. The van der Waals surface area contributed by atoms with Gasteiger partial charge in [-0.2, -0.15) is 0 Å². The summed E-state index contributed by atoms with van der Waals surface area (Å²) in [4.78, 5) is 36.6. The Balaban J connectivity index is 1.89. The third-order valence-corrected chi connectivity index (χ3v) is 4.34. The van der Waals surface area contributed by atoms with Crippen LogP contribution in [0.3, 0.4) is 0 Å². The van der Waals surface area contributed by atoms with Crippen LogP contribution in [0.2, 0.25) is 0 Å². The van der Waals surface area contributed by atoms with Crippen molar-refractivity contribution in [1.29, 1.82) is 0 Å². The second-order valence-corrected chi connectivity index (χ2v) is 6.27. The summed E-state index contributed by atoms with van der Waals surface area (Å²) >= 11 is 0. The average Bonchev–Trinajstić information content (AvgIpc) is 3.26. The second-order valence-electron chi connectivity index (χ2n) is 6.27. The van der Waals surface area contributed by atoms with E-state index in [4.69, 9.17) is 18.6 Å². The van der Waals surface area contributed by atoms with Crippen LogP contribution >= 0.6 is 0 Å². The minimum atomic E-state index is -0.885. The van der Waals surface area contributed by atoms with E-state index in [1.807, 2.05) is 0 Å². The Morgan fingerprint density at radius 1 is 1.27 bits per heavy atom. The summed E-state index contributed by atoms with van der Waals surface area (Å²) < 4.78 is 20.8. The van der Waals surface area contributed by atoms with Crippen molar-refractivity contribution in [2.24, 2.45) is 5.92 Å². The molecule has 0 unspecified atom stereocenters. The first-order valence-electron chi connectivity index (χ1n) is 8.92. The number of amides is 2. The van der Waals surface area contributed by atoms with Crippen LogP contribution in [0, 0.1) is 5.92 Å². The summed E-state index contributed by atoms with van der Waals surface area (Å²) in [7, 11) is 1.40. The molecule has 30 heavy (non-hydrogen) atoms. The van der Waals surface area contributed by atoms with Crippen molar-refractivity contribution in [3.05, 3.63) is 72.8 Å². The SMILES string of the molecule is C=CCOC(=O)[C@H]1C(=C)NC(=O)N[C@@H]1c1ccc(OC(=O)c2ccco2)c(OC)c1. The minimum Gasteiger partial charge on any atom is -0.493 e. The number of hydrogen-bond acceptors (Lipinski definition) is 7. The van der Waals surface area contributed by atoms with E-state index in [2.05, 4.69) is 23.8 Å². The zero-order valence-electron chi connectivity index (χ0n) is 16.2. The van der Waals surface area contributed by atoms with E-state index in [1.54, 1.807) is 18.2 Å². The molecule has 2 heterocycles. The van der Waals surface area contributed by atoms with Gasteiger partial charge in [-0.25, -0.2) is 9.59 Å². The Labute approximate surface area is 172 Å². The van der Waals surface area contributed by atoms with E-state index in [9.17, 15) is 14.4 Å². The van der Waals surface area contributed by atoms with Crippen molar-refractivity contribution in [2.45, 2.75) is 6.04 Å². The third kappa shape index (κ3) is 4.35. The van der Waals surface area contributed by atoms with Crippen molar-refractivity contribution in [1.82, 2.24) is 10.6 Å². The molecule has 0 saturated carbocycles. The Morgan fingerprint density at radius 2 is 2.07 bits per heavy atom. The van der Waals surface area contributed by atoms with E-state index in [1.165, 1.54) is 31.6 Å². The van der Waals surface area contributed by atoms with E-state index in [0.717, 1.165) is 0 Å². The van der Waals surface area contributed by atoms with Gasteiger partial charge >= 0.3 is 18.0 Å². The van der Waals surface area contributed by atoms with Crippen LogP contribution in [0.25, 0.3) is 0 Å². The molecule has 1 aromatic carbocycles. The van der Waals surface area contributed by atoms with Crippen LogP contribution < -0.4 is 20.1 Å². The van der Waals surface area contributed by atoms with E-state index < -0.39 is 29.9 Å². The Morgan fingerprint density at radius 3 is 2.73 bits per heavy atom. The van der Waals surface area contributed by atoms with Crippen LogP contribution in [-0.2, 0) is 9.53 Å². The van der Waals surface area contributed by atoms with E-state index >= 15 is 0 Å². The summed E-state index contributed by atoms with van der Waals surface area (Å²) in [6.07, 6.45) is 2.80. The van der Waals surface area contributed by atoms with Gasteiger partial charge in [0.05, 0.1) is 19.4 Å². The van der Waals surface area contributed by atoms with Gasteiger partial charge in [-0.15, -0.1) is 0 Å². The van der Waals surface area contributed by atoms with Crippen molar-refractivity contribution in [3.63, 3.8) is 0 Å². The minimum absolute atomic E-state index is 0.0221. The molecule has 1 saturated heterocycles. The largest absolute Gasteiger partial charge is 0.493 e. The highest BCUT2D eigenvalue weighted by atomic mass is 16.6. The molecule has 0 spiro atoms. The lowest BCUT2D eigenvalue weighted by molar-refractivity contribution is -0.147. The lowest BCUT2D eigenvalue weighted by Gasteiger charge is -2.33. The third-order valence-electron chi connectivity index (χ3n) is 4.34. The number of carbonyl (C=O) groups is 3. The van der Waals surface area contributed by atoms with Crippen LogP contribution in [-0.4, -0.2) is 31.7 Å². The number of ether oxygens (including phenoxy) is 3. The van der Waals surface area contributed by atoms with Crippen LogP contribution in [0.5, 0.6) is 11.5 Å². The summed E-state index contributed by atoms with van der Waals surface area (Å²) in [6, 6.07) is 6.41. The molecule has 0 radical (unpaired) electrons. The zero-order valence-corrected chi connectivity index (χ0v) is 16.2. The van der Waals surface area contributed by atoms with Crippen molar-refractivity contribution in [2.75, 3.05) is 13.7 Å². The first-order chi connectivity index (χ1) is 14.4. The second kappa shape index (κ2) is 8.99. The molecule has 9 heteroatoms. The normalized spacial score (nSPS) is 18.0. The van der Waals surface area contributed by atoms with Crippen molar-refractivity contribution >= 4 is 18.0 Å². The van der Waals surface area contributed by atoms with Gasteiger partial charge in [0.15, 0.2) is 11.5 Å². The molecule has 9 nitrogen and oxygen atoms in total. The molecule has 2 atom stereocenters. The molecule has 0 bridgehead atoms. The summed E-state index contributed by atoms with van der Waals surface area (Å²) in [5.41, 5.74) is 0.728. The molecule has 1 aromatic heterocycles. The maximum Gasteiger partial charge on any atom is 0.379 e. The predicted octanol–water partition coefficient (Wildman–Crippen LogP) is 2.72. The van der Waals surface area contributed by atoms with Crippen molar-refractivity contribution < 1.29 is 33.0 Å². The molecule has 2 N–H and O–H groups in total. The highest BCUT2D eigenvalue weighted by molar-refractivity contribution is 5.88. The lowest BCUT2D eigenvalue weighted by Crippen LogP contribution is -2.51. The molecular weight excluding hydrogens is 392 g/mol. The fraction of sp³-hybridized carbons (Fsp3) is 0.190. The van der Waals surface area contributed by atoms with Gasteiger partial charge in [0.25, 0.3) is 0 Å². The quantitative estimate of drug-likeness (QED) is 0.408. The number of nitrogens with one attached hydrogen (secondary N) is 2. The molecular formula is C21H20N2O7. The Bertz CT molecular complexity index is 981. The molecule has 2 amide bonds. The molecule has 0 aliphatic carbocycles. The van der Waals surface area contributed by atoms with Crippen LogP contribution in [0.15, 0.2) is 65.9 Å². The maximum atomic E-state index is 12.5. The highest BCUT2D eigenvalue weighted by Crippen LogP contribution is 2.36. The van der Waals surface area contributed by atoms with Gasteiger partial charge in [0.1, 0.15) is 12.5 Å². The molecule has 3 rings (SSSR count). The van der Waals surface area contributed by atoms with E-state index in [0.29, 0.717) is 5.56 Å². The average molecular weight is 412 g/mol. The topological polar surface area (TPSA) is 116 Å². The summed E-state index contributed by atoms with van der Waals surface area (Å²) in [6.45, 7) is 7.30. The number of carbonyl (C=O) groups excluding carboxylic acids is 3. The molecule has 1 aliphatic heterocycles. The fourth-order valence-corrected chi connectivity index (χ4v) is 2.98.